The summed E-state index contributed by atoms with van der Waals surface area (Å²) in [6.45, 7) is 1.65. The number of amides is 2. The largest absolute Gasteiger partial charge is 0.494 e. The molecule has 0 saturated carbocycles. The van der Waals surface area contributed by atoms with E-state index in [4.69, 9.17) is 27.9 Å². The topological polar surface area (TPSA) is 49.9 Å². The van der Waals surface area contributed by atoms with Gasteiger partial charge in [-0.3, -0.25) is 9.59 Å². The highest BCUT2D eigenvalue weighted by Crippen LogP contribution is 2.21. The van der Waals surface area contributed by atoms with E-state index in [-0.39, 0.29) is 24.0 Å². The van der Waals surface area contributed by atoms with Gasteiger partial charge in [0.05, 0.1) is 13.5 Å². The molecule has 1 aliphatic heterocycles. The monoisotopic (exact) mass is 424 g/mol. The molecule has 0 spiro atoms. The summed E-state index contributed by atoms with van der Waals surface area (Å²) in [5.74, 6) is -0.635. The summed E-state index contributed by atoms with van der Waals surface area (Å²) in [7, 11) is 1.39. The molecule has 1 heterocycles. The van der Waals surface area contributed by atoms with E-state index in [9.17, 15) is 14.0 Å². The predicted molar refractivity (Wildman–Crippen MR) is 106 cm³/mol. The summed E-state index contributed by atoms with van der Waals surface area (Å²) in [6, 6.07) is 9.20. The second kappa shape index (κ2) is 8.80. The molecule has 0 aromatic heterocycles. The molecular weight excluding hydrogens is 406 g/mol. The highest BCUT2D eigenvalue weighted by atomic mass is 35.5. The van der Waals surface area contributed by atoms with Gasteiger partial charge < -0.3 is 14.5 Å². The third kappa shape index (κ3) is 4.75. The van der Waals surface area contributed by atoms with Crippen LogP contribution >= 0.6 is 23.2 Å². The van der Waals surface area contributed by atoms with Crippen LogP contribution in [0.4, 0.5) is 4.39 Å². The molecule has 2 amide bonds. The molecule has 0 N–H and O–H groups in total. The molecule has 148 valence electrons. The van der Waals surface area contributed by atoms with Gasteiger partial charge in [-0.15, -0.1) is 0 Å². The van der Waals surface area contributed by atoms with Crippen molar-refractivity contribution in [3.63, 3.8) is 0 Å². The van der Waals surface area contributed by atoms with Crippen LogP contribution in [0.5, 0.6) is 5.75 Å². The standard InChI is InChI=1S/C20H19Cl2FN2O3/c1-28-18-3-2-13(8-17(18)23)9-19(26)24-4-6-25(7-5-24)20(27)14-10-15(21)12-16(22)11-14/h2-3,8,10-12H,4-7,9H2,1H3. The predicted octanol–water partition coefficient (Wildman–Crippen LogP) is 3.67. The summed E-state index contributed by atoms with van der Waals surface area (Å²) < 4.78 is 18.7. The van der Waals surface area contributed by atoms with E-state index in [1.54, 1.807) is 34.1 Å². The fraction of sp³-hybridized carbons (Fsp3) is 0.300. The molecule has 2 aromatic carbocycles. The Hall–Kier alpha value is -2.31. The van der Waals surface area contributed by atoms with Crippen LogP contribution in [-0.4, -0.2) is 54.9 Å². The van der Waals surface area contributed by atoms with Gasteiger partial charge in [0, 0.05) is 41.8 Å². The number of halogens is 3. The average Bonchev–Trinajstić information content (AvgIpc) is 2.67. The minimum absolute atomic E-state index is 0.0960. The third-order valence-corrected chi connectivity index (χ3v) is 5.04. The lowest BCUT2D eigenvalue weighted by molar-refractivity contribution is -0.131. The first-order valence-corrected chi connectivity index (χ1v) is 9.48. The number of benzene rings is 2. The molecule has 3 rings (SSSR count). The van der Waals surface area contributed by atoms with Crippen LogP contribution < -0.4 is 4.74 Å². The molecule has 0 radical (unpaired) electrons. The Balaban J connectivity index is 1.58. The number of hydrogen-bond acceptors (Lipinski definition) is 3. The molecule has 28 heavy (non-hydrogen) atoms. The number of piperazine rings is 1. The van der Waals surface area contributed by atoms with Gasteiger partial charge in [0.25, 0.3) is 5.91 Å². The third-order valence-electron chi connectivity index (χ3n) is 4.60. The fourth-order valence-corrected chi connectivity index (χ4v) is 3.65. The van der Waals surface area contributed by atoms with Crippen molar-refractivity contribution in [3.8, 4) is 5.75 Å². The van der Waals surface area contributed by atoms with Gasteiger partial charge in [-0.2, -0.15) is 0 Å². The molecule has 1 aliphatic rings. The van der Waals surface area contributed by atoms with E-state index in [0.29, 0.717) is 47.4 Å². The Morgan fingerprint density at radius 3 is 2.18 bits per heavy atom. The SMILES string of the molecule is COc1ccc(CC(=O)N2CCN(C(=O)c3cc(Cl)cc(Cl)c3)CC2)cc1F. The fourth-order valence-electron chi connectivity index (χ4n) is 3.13. The van der Waals surface area contributed by atoms with Crippen molar-refractivity contribution in [2.45, 2.75) is 6.42 Å². The zero-order chi connectivity index (χ0) is 20.3. The maximum atomic E-state index is 13.8. The maximum Gasteiger partial charge on any atom is 0.254 e. The van der Waals surface area contributed by atoms with Gasteiger partial charge in [0.1, 0.15) is 0 Å². The molecule has 8 heteroatoms. The first-order chi connectivity index (χ1) is 13.4. The number of carbonyl (C=O) groups excluding carboxylic acids is 2. The number of nitrogens with zero attached hydrogens (tertiary/aromatic N) is 2. The maximum absolute atomic E-state index is 13.8. The quantitative estimate of drug-likeness (QED) is 0.752. The minimum Gasteiger partial charge on any atom is -0.494 e. The van der Waals surface area contributed by atoms with Crippen LogP contribution in [0.1, 0.15) is 15.9 Å². The van der Waals surface area contributed by atoms with Gasteiger partial charge in [-0.1, -0.05) is 29.3 Å². The molecule has 0 bridgehead atoms. The van der Waals surface area contributed by atoms with Crippen LogP contribution in [0, 0.1) is 5.82 Å². The molecule has 1 fully saturated rings. The van der Waals surface area contributed by atoms with Gasteiger partial charge in [0.2, 0.25) is 5.91 Å². The number of ether oxygens (including phenoxy) is 1. The zero-order valence-electron chi connectivity index (χ0n) is 15.3. The molecule has 1 saturated heterocycles. The number of hydrogen-bond donors (Lipinski definition) is 0. The van der Waals surface area contributed by atoms with Gasteiger partial charge in [-0.05, 0) is 35.9 Å². The lowest BCUT2D eigenvalue weighted by Crippen LogP contribution is -2.51. The average molecular weight is 425 g/mol. The van der Waals surface area contributed by atoms with E-state index >= 15 is 0 Å². The molecule has 5 nitrogen and oxygen atoms in total. The lowest BCUT2D eigenvalue weighted by atomic mass is 10.1. The first-order valence-electron chi connectivity index (χ1n) is 8.73. The van der Waals surface area contributed by atoms with Crippen molar-refractivity contribution in [3.05, 3.63) is 63.4 Å². The van der Waals surface area contributed by atoms with Crippen LogP contribution in [0.25, 0.3) is 0 Å². The molecule has 0 atom stereocenters. The van der Waals surface area contributed by atoms with E-state index in [0.717, 1.165) is 0 Å². The highest BCUT2D eigenvalue weighted by Gasteiger charge is 2.25. The van der Waals surface area contributed by atoms with Gasteiger partial charge in [-0.25, -0.2) is 4.39 Å². The van der Waals surface area contributed by atoms with Crippen molar-refractivity contribution in [2.75, 3.05) is 33.3 Å². The van der Waals surface area contributed by atoms with Crippen LogP contribution in [0.3, 0.4) is 0 Å². The number of methoxy groups -OCH3 is 1. The Bertz CT molecular complexity index is 879. The van der Waals surface area contributed by atoms with E-state index in [1.807, 2.05) is 0 Å². The Kier molecular flexibility index (Phi) is 6.42. The summed E-state index contributed by atoms with van der Waals surface area (Å²) in [5, 5.41) is 0.799. The van der Waals surface area contributed by atoms with Gasteiger partial charge >= 0.3 is 0 Å². The van der Waals surface area contributed by atoms with E-state index in [1.165, 1.54) is 19.2 Å². The Labute approximate surface area is 172 Å². The van der Waals surface area contributed by atoms with Crippen LogP contribution in [0.15, 0.2) is 36.4 Å². The highest BCUT2D eigenvalue weighted by molar-refractivity contribution is 6.35. The minimum atomic E-state index is -0.497. The molecular formula is C20H19Cl2FN2O3. The summed E-state index contributed by atoms with van der Waals surface area (Å²) >= 11 is 11.9. The lowest BCUT2D eigenvalue weighted by Gasteiger charge is -2.35. The van der Waals surface area contributed by atoms with Crippen molar-refractivity contribution in [1.29, 1.82) is 0 Å². The summed E-state index contributed by atoms with van der Waals surface area (Å²) in [4.78, 5) is 28.5. The van der Waals surface area contributed by atoms with Crippen LogP contribution in [-0.2, 0) is 11.2 Å². The molecule has 0 aliphatic carbocycles. The molecule has 0 unspecified atom stereocenters. The zero-order valence-corrected chi connectivity index (χ0v) is 16.8. The Morgan fingerprint density at radius 1 is 1.00 bits per heavy atom. The van der Waals surface area contributed by atoms with Crippen molar-refractivity contribution >= 4 is 35.0 Å². The van der Waals surface area contributed by atoms with E-state index < -0.39 is 5.82 Å². The molecule has 2 aromatic rings. The smallest absolute Gasteiger partial charge is 0.254 e. The van der Waals surface area contributed by atoms with Crippen molar-refractivity contribution in [2.24, 2.45) is 0 Å². The summed E-state index contributed by atoms with van der Waals surface area (Å²) in [5.41, 5.74) is 1.00. The second-order valence-corrected chi connectivity index (χ2v) is 7.35. The van der Waals surface area contributed by atoms with Crippen molar-refractivity contribution < 1.29 is 18.7 Å². The number of carbonyl (C=O) groups is 2. The van der Waals surface area contributed by atoms with Crippen LogP contribution in [0.2, 0.25) is 10.0 Å². The second-order valence-electron chi connectivity index (χ2n) is 6.48. The van der Waals surface area contributed by atoms with Gasteiger partial charge in [0.15, 0.2) is 11.6 Å². The summed E-state index contributed by atoms with van der Waals surface area (Å²) in [6.07, 6.45) is 0.0960. The first kappa shape index (κ1) is 20.4. The van der Waals surface area contributed by atoms with E-state index in [2.05, 4.69) is 0 Å². The number of rotatable bonds is 4. The van der Waals surface area contributed by atoms with Crippen molar-refractivity contribution in [1.82, 2.24) is 9.80 Å². The normalized spacial score (nSPS) is 14.1. The Morgan fingerprint density at radius 2 is 1.61 bits per heavy atom.